The maximum absolute atomic E-state index is 12.2. The molecule has 1 aliphatic carbocycles. The molecule has 110 valence electrons. The smallest absolute Gasteiger partial charge is 0.220 e. The van der Waals surface area contributed by atoms with E-state index in [1.807, 2.05) is 0 Å². The van der Waals surface area contributed by atoms with Gasteiger partial charge < -0.3 is 10.6 Å². The van der Waals surface area contributed by atoms with E-state index in [1.54, 1.807) is 0 Å². The van der Waals surface area contributed by atoms with Crippen LogP contribution in [-0.4, -0.2) is 25.0 Å². The van der Waals surface area contributed by atoms with Crippen molar-refractivity contribution in [3.8, 4) is 0 Å². The molecule has 1 heterocycles. The molecular weight excluding hydrogens is 236 g/mol. The summed E-state index contributed by atoms with van der Waals surface area (Å²) in [6.45, 7) is 6.56. The van der Waals surface area contributed by atoms with Crippen molar-refractivity contribution in [2.24, 2.45) is 17.8 Å². The molecule has 1 saturated carbocycles. The Balaban J connectivity index is 1.73. The second kappa shape index (κ2) is 7.28. The van der Waals surface area contributed by atoms with Crippen molar-refractivity contribution in [1.82, 2.24) is 10.6 Å². The van der Waals surface area contributed by atoms with Gasteiger partial charge in [0.25, 0.3) is 0 Å². The van der Waals surface area contributed by atoms with Crippen LogP contribution in [0.3, 0.4) is 0 Å². The standard InChI is InChI=1S/C16H30N2O/c1-12(14-6-4-3-5-7-14)10-16(19)18-15-8-9-17-11-13(15)2/h12-15,17H,3-11H2,1-2H3,(H,18,19). The van der Waals surface area contributed by atoms with Crippen LogP contribution in [0.5, 0.6) is 0 Å². The van der Waals surface area contributed by atoms with Gasteiger partial charge in [-0.2, -0.15) is 0 Å². The van der Waals surface area contributed by atoms with E-state index in [0.717, 1.165) is 31.8 Å². The molecule has 2 aliphatic rings. The van der Waals surface area contributed by atoms with E-state index >= 15 is 0 Å². The van der Waals surface area contributed by atoms with Crippen LogP contribution in [0.1, 0.15) is 58.8 Å². The summed E-state index contributed by atoms with van der Waals surface area (Å²) in [6.07, 6.45) is 8.58. The highest BCUT2D eigenvalue weighted by Crippen LogP contribution is 2.31. The highest BCUT2D eigenvalue weighted by molar-refractivity contribution is 5.76. The van der Waals surface area contributed by atoms with Crippen LogP contribution in [0.25, 0.3) is 0 Å². The zero-order chi connectivity index (χ0) is 13.7. The van der Waals surface area contributed by atoms with Gasteiger partial charge in [-0.05, 0) is 37.3 Å². The maximum atomic E-state index is 12.2. The molecule has 3 atom stereocenters. The molecule has 0 aromatic carbocycles. The van der Waals surface area contributed by atoms with Gasteiger partial charge in [-0.1, -0.05) is 46.0 Å². The van der Waals surface area contributed by atoms with Crippen LogP contribution < -0.4 is 10.6 Å². The first-order valence-corrected chi connectivity index (χ1v) is 8.17. The molecular formula is C16H30N2O. The van der Waals surface area contributed by atoms with Crippen LogP contribution >= 0.6 is 0 Å². The normalized spacial score (nSPS) is 30.8. The quantitative estimate of drug-likeness (QED) is 0.821. The molecule has 2 N–H and O–H groups in total. The lowest BCUT2D eigenvalue weighted by Crippen LogP contribution is -2.48. The first-order chi connectivity index (χ1) is 9.16. The molecule has 3 nitrogen and oxygen atoms in total. The highest BCUT2D eigenvalue weighted by atomic mass is 16.1. The van der Waals surface area contributed by atoms with Gasteiger partial charge in [-0.3, -0.25) is 4.79 Å². The fraction of sp³-hybridized carbons (Fsp3) is 0.938. The van der Waals surface area contributed by atoms with Crippen LogP contribution in [0, 0.1) is 17.8 Å². The largest absolute Gasteiger partial charge is 0.353 e. The molecule has 0 bridgehead atoms. The van der Waals surface area contributed by atoms with Gasteiger partial charge in [0.2, 0.25) is 5.91 Å². The maximum Gasteiger partial charge on any atom is 0.220 e. The van der Waals surface area contributed by atoms with E-state index in [-0.39, 0.29) is 5.91 Å². The van der Waals surface area contributed by atoms with E-state index in [9.17, 15) is 4.79 Å². The summed E-state index contributed by atoms with van der Waals surface area (Å²) in [5.74, 6) is 2.17. The number of carbonyl (C=O) groups excluding carboxylic acids is 1. The van der Waals surface area contributed by atoms with Crippen LogP contribution in [-0.2, 0) is 4.79 Å². The minimum atomic E-state index is 0.275. The molecule has 3 heteroatoms. The summed E-state index contributed by atoms with van der Waals surface area (Å²) >= 11 is 0. The minimum absolute atomic E-state index is 0.275. The van der Waals surface area contributed by atoms with Crippen LogP contribution in [0.2, 0.25) is 0 Å². The lowest BCUT2D eigenvalue weighted by atomic mass is 9.79. The summed E-state index contributed by atoms with van der Waals surface area (Å²) in [5.41, 5.74) is 0. The average molecular weight is 266 g/mol. The SMILES string of the molecule is CC(CC(=O)NC1CCNCC1C)C1CCCCC1. The van der Waals surface area contributed by atoms with E-state index in [1.165, 1.54) is 32.1 Å². The Bertz CT molecular complexity index is 286. The summed E-state index contributed by atoms with van der Waals surface area (Å²) in [4.78, 5) is 12.2. The van der Waals surface area contributed by atoms with Crippen molar-refractivity contribution in [3.63, 3.8) is 0 Å². The van der Waals surface area contributed by atoms with Gasteiger partial charge in [0, 0.05) is 12.5 Å². The third kappa shape index (κ3) is 4.48. The summed E-state index contributed by atoms with van der Waals surface area (Å²) in [6, 6.07) is 0.382. The molecule has 0 aromatic rings. The van der Waals surface area contributed by atoms with Crippen molar-refractivity contribution in [2.75, 3.05) is 13.1 Å². The van der Waals surface area contributed by atoms with Crippen LogP contribution in [0.15, 0.2) is 0 Å². The predicted octanol–water partition coefficient (Wildman–Crippen LogP) is 2.71. The van der Waals surface area contributed by atoms with E-state index < -0.39 is 0 Å². The number of amides is 1. The number of hydrogen-bond acceptors (Lipinski definition) is 2. The van der Waals surface area contributed by atoms with Crippen LogP contribution in [0.4, 0.5) is 0 Å². The summed E-state index contributed by atoms with van der Waals surface area (Å²) in [7, 11) is 0. The Hall–Kier alpha value is -0.570. The molecule has 1 aliphatic heterocycles. The Labute approximate surface area is 117 Å². The summed E-state index contributed by atoms with van der Waals surface area (Å²) < 4.78 is 0. The molecule has 0 spiro atoms. The Morgan fingerprint density at radius 1 is 1.26 bits per heavy atom. The fourth-order valence-corrected chi connectivity index (χ4v) is 3.66. The van der Waals surface area contributed by atoms with E-state index in [0.29, 0.717) is 17.9 Å². The number of piperidine rings is 1. The first kappa shape index (κ1) is 14.8. The molecule has 19 heavy (non-hydrogen) atoms. The highest BCUT2D eigenvalue weighted by Gasteiger charge is 2.25. The third-order valence-electron chi connectivity index (χ3n) is 5.09. The van der Waals surface area contributed by atoms with Gasteiger partial charge >= 0.3 is 0 Å². The second-order valence-electron chi connectivity index (χ2n) is 6.72. The molecule has 1 amide bonds. The van der Waals surface area contributed by atoms with Gasteiger partial charge in [0.05, 0.1) is 0 Å². The van der Waals surface area contributed by atoms with Crippen molar-refractivity contribution in [2.45, 2.75) is 64.8 Å². The lowest BCUT2D eigenvalue weighted by Gasteiger charge is -2.31. The summed E-state index contributed by atoms with van der Waals surface area (Å²) in [5, 5.41) is 6.64. The minimum Gasteiger partial charge on any atom is -0.353 e. The Morgan fingerprint density at radius 3 is 2.68 bits per heavy atom. The van der Waals surface area contributed by atoms with Gasteiger partial charge in [-0.25, -0.2) is 0 Å². The molecule has 2 rings (SSSR count). The third-order valence-corrected chi connectivity index (χ3v) is 5.09. The molecule has 0 radical (unpaired) electrons. The van der Waals surface area contributed by atoms with Crippen molar-refractivity contribution in [3.05, 3.63) is 0 Å². The zero-order valence-electron chi connectivity index (χ0n) is 12.6. The zero-order valence-corrected chi connectivity index (χ0v) is 12.6. The van der Waals surface area contributed by atoms with Gasteiger partial charge in [-0.15, -0.1) is 0 Å². The van der Waals surface area contributed by atoms with E-state index in [2.05, 4.69) is 24.5 Å². The number of rotatable bonds is 4. The molecule has 1 saturated heterocycles. The lowest BCUT2D eigenvalue weighted by molar-refractivity contribution is -0.123. The number of hydrogen-bond donors (Lipinski definition) is 2. The van der Waals surface area contributed by atoms with Gasteiger partial charge in [0.15, 0.2) is 0 Å². The number of nitrogens with one attached hydrogen (secondary N) is 2. The topological polar surface area (TPSA) is 41.1 Å². The molecule has 2 fully saturated rings. The van der Waals surface area contributed by atoms with Gasteiger partial charge in [0.1, 0.15) is 0 Å². The fourth-order valence-electron chi connectivity index (χ4n) is 3.66. The van der Waals surface area contributed by atoms with Crippen molar-refractivity contribution < 1.29 is 4.79 Å². The van der Waals surface area contributed by atoms with Crippen molar-refractivity contribution >= 4 is 5.91 Å². The van der Waals surface area contributed by atoms with Crippen molar-refractivity contribution in [1.29, 1.82) is 0 Å². The predicted molar refractivity (Wildman–Crippen MR) is 78.9 cm³/mol. The first-order valence-electron chi connectivity index (χ1n) is 8.17. The number of carbonyl (C=O) groups is 1. The Morgan fingerprint density at radius 2 is 2.00 bits per heavy atom. The second-order valence-corrected chi connectivity index (χ2v) is 6.72. The monoisotopic (exact) mass is 266 g/mol. The Kier molecular flexibility index (Phi) is 5.68. The van der Waals surface area contributed by atoms with E-state index in [4.69, 9.17) is 0 Å². The molecule has 3 unspecified atom stereocenters. The molecule has 0 aromatic heterocycles. The average Bonchev–Trinajstić information content (AvgIpc) is 2.42.